The number of thiophene rings is 1. The number of ether oxygens (including phenoxy) is 1. The SMILES string of the molecule is O=C(O)/C(=N/OC(c1ccc(OCc2ccc3ccccc3n2)cc1)C1CCCCC1)c1cccs1. The Morgan fingerprint density at radius 3 is 2.56 bits per heavy atom. The molecule has 4 aromatic rings. The molecule has 1 unspecified atom stereocenters. The average Bonchev–Trinajstić information content (AvgIpc) is 3.45. The highest BCUT2D eigenvalue weighted by Crippen LogP contribution is 2.38. The Hall–Kier alpha value is -3.71. The predicted molar refractivity (Wildman–Crippen MR) is 141 cm³/mol. The fourth-order valence-corrected chi connectivity index (χ4v) is 5.36. The number of hydrogen-bond donors (Lipinski definition) is 1. The van der Waals surface area contributed by atoms with Crippen LogP contribution in [0.15, 0.2) is 83.3 Å². The molecule has 0 spiro atoms. The van der Waals surface area contributed by atoms with Crippen molar-refractivity contribution < 1.29 is 19.5 Å². The van der Waals surface area contributed by atoms with Crippen LogP contribution in [0.5, 0.6) is 5.75 Å². The first-order chi connectivity index (χ1) is 17.7. The zero-order chi connectivity index (χ0) is 24.7. The van der Waals surface area contributed by atoms with E-state index in [0.717, 1.165) is 53.6 Å². The molecule has 184 valence electrons. The monoisotopic (exact) mass is 500 g/mol. The highest BCUT2D eigenvalue weighted by atomic mass is 32.1. The molecule has 1 aliphatic carbocycles. The molecule has 0 bridgehead atoms. The van der Waals surface area contributed by atoms with Gasteiger partial charge in [0.25, 0.3) is 0 Å². The minimum absolute atomic E-state index is 0.0614. The second kappa shape index (κ2) is 11.4. The van der Waals surface area contributed by atoms with Gasteiger partial charge in [-0.15, -0.1) is 11.3 Å². The number of oxime groups is 1. The van der Waals surface area contributed by atoms with Gasteiger partial charge in [-0.2, -0.15) is 0 Å². The summed E-state index contributed by atoms with van der Waals surface area (Å²) in [5.74, 6) is -0.0650. The number of nitrogens with zero attached hydrogens (tertiary/aromatic N) is 2. The van der Waals surface area contributed by atoms with Crippen LogP contribution in [-0.4, -0.2) is 21.8 Å². The predicted octanol–water partition coefficient (Wildman–Crippen LogP) is 7.00. The lowest BCUT2D eigenvalue weighted by Crippen LogP contribution is -2.20. The van der Waals surface area contributed by atoms with Crippen LogP contribution >= 0.6 is 11.3 Å². The Morgan fingerprint density at radius 2 is 1.81 bits per heavy atom. The van der Waals surface area contributed by atoms with E-state index >= 15 is 0 Å². The zero-order valence-electron chi connectivity index (χ0n) is 19.9. The summed E-state index contributed by atoms with van der Waals surface area (Å²) in [6.45, 7) is 0.375. The summed E-state index contributed by atoms with van der Waals surface area (Å²) in [4.78, 5) is 23.0. The van der Waals surface area contributed by atoms with E-state index in [1.165, 1.54) is 17.8 Å². The third-order valence-corrected chi connectivity index (χ3v) is 7.42. The molecule has 1 atom stereocenters. The summed E-state index contributed by atoms with van der Waals surface area (Å²) < 4.78 is 5.99. The van der Waals surface area contributed by atoms with Gasteiger partial charge in [-0.05, 0) is 54.1 Å². The lowest BCUT2D eigenvalue weighted by Gasteiger charge is -2.29. The molecule has 36 heavy (non-hydrogen) atoms. The molecule has 2 heterocycles. The highest BCUT2D eigenvalue weighted by molar-refractivity contribution is 7.13. The summed E-state index contributed by atoms with van der Waals surface area (Å²) in [5, 5.41) is 16.7. The Labute approximate surface area is 214 Å². The molecular formula is C29H28N2O4S. The third kappa shape index (κ3) is 5.74. The lowest BCUT2D eigenvalue weighted by atomic mass is 9.83. The molecule has 7 heteroatoms. The molecule has 1 fully saturated rings. The Kier molecular flexibility index (Phi) is 7.57. The van der Waals surface area contributed by atoms with Crippen molar-refractivity contribution in [2.75, 3.05) is 0 Å². The van der Waals surface area contributed by atoms with Gasteiger partial charge < -0.3 is 14.7 Å². The second-order valence-corrected chi connectivity index (χ2v) is 9.95. The molecule has 2 aromatic carbocycles. The standard InChI is InChI=1S/C29H28N2O4S/c32-29(33)27(26-11-6-18-36-26)31-35-28(21-8-2-1-3-9-21)22-13-16-24(17-14-22)34-19-23-15-12-20-7-4-5-10-25(20)30-23/h4-7,10-18,21,28H,1-3,8-9,19H2,(H,32,33)/b31-27+. The number of pyridine rings is 1. The molecule has 0 aliphatic heterocycles. The minimum Gasteiger partial charge on any atom is -0.487 e. The number of fused-ring (bicyclic) bond motifs is 1. The van der Waals surface area contributed by atoms with Gasteiger partial charge in [0.15, 0.2) is 6.10 Å². The van der Waals surface area contributed by atoms with E-state index in [9.17, 15) is 9.90 Å². The molecule has 5 rings (SSSR count). The first-order valence-electron chi connectivity index (χ1n) is 12.3. The number of carboxylic acid groups (broad SMARTS) is 1. The van der Waals surface area contributed by atoms with Crippen molar-refractivity contribution in [2.24, 2.45) is 11.1 Å². The molecule has 0 saturated heterocycles. The summed E-state index contributed by atoms with van der Waals surface area (Å²) >= 11 is 1.34. The van der Waals surface area contributed by atoms with Crippen LogP contribution in [0.2, 0.25) is 0 Å². The fourth-order valence-electron chi connectivity index (χ4n) is 4.67. The molecule has 1 aliphatic rings. The van der Waals surface area contributed by atoms with Gasteiger partial charge in [0.1, 0.15) is 12.4 Å². The largest absolute Gasteiger partial charge is 0.487 e. The molecule has 1 N–H and O–H groups in total. The van der Waals surface area contributed by atoms with Crippen molar-refractivity contribution in [1.29, 1.82) is 0 Å². The van der Waals surface area contributed by atoms with Crippen molar-refractivity contribution >= 4 is 33.9 Å². The first-order valence-corrected chi connectivity index (χ1v) is 13.1. The van der Waals surface area contributed by atoms with E-state index in [1.54, 1.807) is 6.07 Å². The lowest BCUT2D eigenvalue weighted by molar-refractivity contribution is -0.129. The van der Waals surface area contributed by atoms with E-state index in [2.05, 4.69) is 16.2 Å². The van der Waals surface area contributed by atoms with Crippen molar-refractivity contribution in [3.8, 4) is 5.75 Å². The number of aromatic nitrogens is 1. The van der Waals surface area contributed by atoms with Gasteiger partial charge in [0.05, 0.1) is 16.1 Å². The Bertz CT molecular complexity index is 1330. The van der Waals surface area contributed by atoms with Crippen molar-refractivity contribution in [2.45, 2.75) is 44.8 Å². The van der Waals surface area contributed by atoms with Crippen LogP contribution < -0.4 is 4.74 Å². The van der Waals surface area contributed by atoms with E-state index in [4.69, 9.17) is 9.57 Å². The second-order valence-electron chi connectivity index (χ2n) is 9.00. The van der Waals surface area contributed by atoms with Crippen LogP contribution in [0.1, 0.15) is 54.3 Å². The summed E-state index contributed by atoms with van der Waals surface area (Å²) in [6.07, 6.45) is 5.27. The fraction of sp³-hybridized carbons (Fsp3) is 0.276. The van der Waals surface area contributed by atoms with Crippen LogP contribution in [0, 0.1) is 5.92 Å². The normalized spacial score (nSPS) is 15.5. The number of carbonyl (C=O) groups is 1. The molecule has 2 aromatic heterocycles. The minimum atomic E-state index is -1.09. The van der Waals surface area contributed by atoms with Gasteiger partial charge in [-0.1, -0.05) is 66.9 Å². The van der Waals surface area contributed by atoms with Crippen molar-refractivity contribution in [3.05, 3.63) is 94.3 Å². The third-order valence-electron chi connectivity index (χ3n) is 6.54. The number of para-hydroxylation sites is 1. The topological polar surface area (TPSA) is 81.0 Å². The van der Waals surface area contributed by atoms with Gasteiger partial charge in [-0.25, -0.2) is 9.78 Å². The number of rotatable bonds is 9. The average molecular weight is 501 g/mol. The maximum atomic E-state index is 11.8. The summed E-state index contributed by atoms with van der Waals surface area (Å²) in [6, 6.07) is 23.4. The number of hydrogen-bond acceptors (Lipinski definition) is 6. The van der Waals surface area contributed by atoms with E-state index in [0.29, 0.717) is 11.5 Å². The summed E-state index contributed by atoms with van der Waals surface area (Å²) in [5.41, 5.74) is 2.72. The van der Waals surface area contributed by atoms with Gasteiger partial charge in [-0.3, -0.25) is 0 Å². The van der Waals surface area contributed by atoms with Gasteiger partial charge >= 0.3 is 5.97 Å². The van der Waals surface area contributed by atoms with E-state index in [-0.39, 0.29) is 17.7 Å². The molecule has 0 radical (unpaired) electrons. The van der Waals surface area contributed by atoms with Crippen molar-refractivity contribution in [3.63, 3.8) is 0 Å². The number of carboxylic acids is 1. The quantitative estimate of drug-likeness (QED) is 0.198. The van der Waals surface area contributed by atoms with Crippen LogP contribution in [-0.2, 0) is 16.2 Å². The molecular weight excluding hydrogens is 472 g/mol. The van der Waals surface area contributed by atoms with Gasteiger partial charge in [0, 0.05) is 11.3 Å². The molecule has 6 nitrogen and oxygen atoms in total. The molecule has 1 saturated carbocycles. The number of benzene rings is 2. The van der Waals surface area contributed by atoms with Crippen LogP contribution in [0.3, 0.4) is 0 Å². The highest BCUT2D eigenvalue weighted by Gasteiger charge is 2.28. The first kappa shape index (κ1) is 24.0. The maximum absolute atomic E-state index is 11.8. The van der Waals surface area contributed by atoms with Crippen LogP contribution in [0.4, 0.5) is 0 Å². The van der Waals surface area contributed by atoms with Crippen LogP contribution in [0.25, 0.3) is 10.9 Å². The van der Waals surface area contributed by atoms with E-state index < -0.39 is 5.97 Å². The molecule has 0 amide bonds. The Morgan fingerprint density at radius 1 is 1.00 bits per heavy atom. The smallest absolute Gasteiger partial charge is 0.359 e. The zero-order valence-corrected chi connectivity index (χ0v) is 20.7. The summed E-state index contributed by atoms with van der Waals surface area (Å²) in [7, 11) is 0. The maximum Gasteiger partial charge on any atom is 0.359 e. The van der Waals surface area contributed by atoms with E-state index in [1.807, 2.05) is 66.0 Å². The van der Waals surface area contributed by atoms with Crippen molar-refractivity contribution in [1.82, 2.24) is 4.98 Å². The Balaban J connectivity index is 1.31. The number of aliphatic carboxylic acids is 1. The van der Waals surface area contributed by atoms with Gasteiger partial charge in [0.2, 0.25) is 5.71 Å².